The van der Waals surface area contributed by atoms with Gasteiger partial charge in [-0.05, 0) is 75.5 Å². The lowest BCUT2D eigenvalue weighted by Gasteiger charge is -2.46. The largest absolute Gasteiger partial charge is 0.387 e. The molecule has 2 aliphatic carbocycles. The number of nitrogens with one attached hydrogen (secondary N) is 2. The second kappa shape index (κ2) is 10.7. The molecule has 220 valence electrons. The second-order valence-electron chi connectivity index (χ2n) is 12.7. The Morgan fingerprint density at radius 3 is 2.76 bits per heavy atom. The number of aliphatic hydroxyl groups excluding tert-OH is 2. The number of fused-ring (bicyclic) bond motifs is 2. The number of aromatic nitrogens is 4. The van der Waals surface area contributed by atoms with Crippen molar-refractivity contribution in [3.05, 3.63) is 35.9 Å². The lowest BCUT2D eigenvalue weighted by atomic mass is 9.76. The minimum atomic E-state index is -1.05. The Hall–Kier alpha value is -2.99. The van der Waals surface area contributed by atoms with Crippen LogP contribution in [0.15, 0.2) is 24.5 Å². The van der Waals surface area contributed by atoms with Crippen LogP contribution in [0.5, 0.6) is 0 Å². The Morgan fingerprint density at radius 2 is 2.00 bits per heavy atom. The monoisotopic (exact) mass is 562 g/mol. The predicted molar refractivity (Wildman–Crippen MR) is 157 cm³/mol. The molecule has 7 rings (SSSR count). The van der Waals surface area contributed by atoms with E-state index in [1.807, 2.05) is 4.90 Å². The number of imidazole rings is 1. The number of nitrogens with zero attached hydrogens (tertiary/aromatic N) is 5. The van der Waals surface area contributed by atoms with Crippen molar-refractivity contribution in [1.82, 2.24) is 24.8 Å². The summed E-state index contributed by atoms with van der Waals surface area (Å²) < 4.78 is 6.29. The normalized spacial score (nSPS) is 29.7. The fraction of sp³-hybridized carbons (Fsp3) is 0.633. The van der Waals surface area contributed by atoms with E-state index in [0.29, 0.717) is 48.5 Å². The third-order valence-electron chi connectivity index (χ3n) is 9.86. The molecule has 11 heteroatoms. The number of anilines is 3. The summed E-state index contributed by atoms with van der Waals surface area (Å²) in [5, 5.41) is 25.1. The van der Waals surface area contributed by atoms with E-state index in [1.165, 1.54) is 31.2 Å². The molecule has 11 nitrogen and oxygen atoms in total. The van der Waals surface area contributed by atoms with E-state index >= 15 is 0 Å². The highest BCUT2D eigenvalue weighted by Gasteiger charge is 2.49. The summed E-state index contributed by atoms with van der Waals surface area (Å²) >= 11 is 0. The van der Waals surface area contributed by atoms with Crippen LogP contribution in [0.2, 0.25) is 0 Å². The van der Waals surface area contributed by atoms with Crippen LogP contribution < -0.4 is 16.0 Å². The number of aromatic amines is 1. The van der Waals surface area contributed by atoms with Crippen LogP contribution >= 0.6 is 0 Å². The molecule has 0 radical (unpaired) electrons. The van der Waals surface area contributed by atoms with Gasteiger partial charge in [0.25, 0.3) is 0 Å². The average Bonchev–Trinajstić information content (AvgIpc) is 3.58. The van der Waals surface area contributed by atoms with E-state index in [-0.39, 0.29) is 0 Å². The van der Waals surface area contributed by atoms with Crippen molar-refractivity contribution in [2.45, 2.75) is 101 Å². The molecular formula is C30H42N8O3. The van der Waals surface area contributed by atoms with Crippen molar-refractivity contribution in [1.29, 1.82) is 0 Å². The van der Waals surface area contributed by atoms with Crippen molar-refractivity contribution in [3.63, 3.8) is 0 Å². The van der Waals surface area contributed by atoms with Crippen LogP contribution in [0.25, 0.3) is 11.0 Å². The fourth-order valence-electron chi connectivity index (χ4n) is 7.09. The zero-order valence-corrected chi connectivity index (χ0v) is 23.9. The van der Waals surface area contributed by atoms with Gasteiger partial charge in [-0.1, -0.05) is 12.5 Å². The quantitative estimate of drug-likeness (QED) is 0.264. The van der Waals surface area contributed by atoms with Gasteiger partial charge in [0.05, 0.1) is 17.7 Å². The van der Waals surface area contributed by atoms with Crippen LogP contribution in [-0.2, 0) is 11.2 Å². The third-order valence-corrected chi connectivity index (χ3v) is 9.86. The Bertz CT molecular complexity index is 1390. The first-order valence-electron chi connectivity index (χ1n) is 15.2. The average molecular weight is 563 g/mol. The van der Waals surface area contributed by atoms with Gasteiger partial charge >= 0.3 is 0 Å². The van der Waals surface area contributed by atoms with Gasteiger partial charge in [0.1, 0.15) is 36.2 Å². The first-order valence-corrected chi connectivity index (χ1v) is 15.2. The molecule has 4 aliphatic rings. The molecule has 4 heterocycles. The lowest BCUT2D eigenvalue weighted by molar-refractivity contribution is -0.0429. The Morgan fingerprint density at radius 1 is 1.17 bits per heavy atom. The number of H-pyrrole nitrogens is 1. The summed E-state index contributed by atoms with van der Waals surface area (Å²) in [5.74, 6) is 3.40. The second-order valence-corrected chi connectivity index (χ2v) is 12.7. The zero-order valence-electron chi connectivity index (χ0n) is 23.9. The molecule has 4 atom stereocenters. The third kappa shape index (κ3) is 4.92. The molecule has 2 aliphatic heterocycles. The Kier molecular flexibility index (Phi) is 7.01. The van der Waals surface area contributed by atoms with Gasteiger partial charge in [-0.2, -0.15) is 0 Å². The number of benzene rings is 1. The van der Waals surface area contributed by atoms with Crippen LogP contribution in [0, 0.1) is 5.92 Å². The van der Waals surface area contributed by atoms with Gasteiger partial charge in [-0.25, -0.2) is 15.0 Å². The maximum absolute atomic E-state index is 11.0. The fourth-order valence-corrected chi connectivity index (χ4v) is 7.09. The van der Waals surface area contributed by atoms with E-state index in [0.717, 1.165) is 48.5 Å². The molecule has 3 aromatic rings. The molecule has 1 saturated heterocycles. The maximum Gasteiger partial charge on any atom is 0.162 e. The number of nitrogen functional groups attached to an aromatic ring is 1. The first kappa shape index (κ1) is 26.9. The predicted octanol–water partition coefficient (Wildman–Crippen LogP) is 2.96. The molecule has 0 unspecified atom stereocenters. The number of hydrogen-bond donors (Lipinski definition) is 5. The van der Waals surface area contributed by atoms with Gasteiger partial charge in [0.15, 0.2) is 17.9 Å². The molecule has 2 saturated carbocycles. The zero-order chi connectivity index (χ0) is 28.2. The van der Waals surface area contributed by atoms with Crippen molar-refractivity contribution < 1.29 is 14.9 Å². The lowest BCUT2D eigenvalue weighted by Crippen LogP contribution is -2.52. The smallest absolute Gasteiger partial charge is 0.162 e. The highest BCUT2D eigenvalue weighted by molar-refractivity contribution is 5.80. The number of aryl methyl sites for hydroxylation is 1. The summed E-state index contributed by atoms with van der Waals surface area (Å²) in [6, 6.07) is 7.48. The van der Waals surface area contributed by atoms with Crippen LogP contribution in [0.4, 0.5) is 17.3 Å². The van der Waals surface area contributed by atoms with E-state index in [9.17, 15) is 10.2 Å². The van der Waals surface area contributed by atoms with Gasteiger partial charge in [0.2, 0.25) is 0 Å². The molecule has 0 amide bonds. The molecule has 1 aromatic carbocycles. The number of aliphatic hydroxyl groups is 2. The number of hydrogen-bond acceptors (Lipinski definition) is 10. The van der Waals surface area contributed by atoms with Crippen molar-refractivity contribution >= 4 is 28.4 Å². The molecule has 6 N–H and O–H groups in total. The minimum absolute atomic E-state index is 0.301. The summed E-state index contributed by atoms with van der Waals surface area (Å²) in [6.07, 6.45) is 6.43. The molecule has 0 bridgehead atoms. The molecule has 2 aromatic heterocycles. The van der Waals surface area contributed by atoms with Gasteiger partial charge < -0.3 is 35.9 Å². The topological polar surface area (TPSA) is 149 Å². The first-order chi connectivity index (χ1) is 19.9. The molecule has 0 spiro atoms. The number of rotatable bonds is 9. The molecule has 41 heavy (non-hydrogen) atoms. The van der Waals surface area contributed by atoms with Crippen LogP contribution in [0.1, 0.15) is 69.7 Å². The van der Waals surface area contributed by atoms with Crippen molar-refractivity contribution in [3.8, 4) is 0 Å². The van der Waals surface area contributed by atoms with Gasteiger partial charge in [-0.15, -0.1) is 0 Å². The number of nitrogens with two attached hydrogens (primary N) is 1. The van der Waals surface area contributed by atoms with E-state index in [2.05, 4.69) is 57.2 Å². The van der Waals surface area contributed by atoms with Crippen LogP contribution in [-0.4, -0.2) is 84.9 Å². The van der Waals surface area contributed by atoms with Crippen LogP contribution in [0.3, 0.4) is 0 Å². The SMILES string of the molecule is CC(C)N(C[C@H]1O[C@@H](N2CNc3c(N)ncnc32)[C@H](O)[C@@H]1O)C1CC(CCc2nc3cc(C4CCC4)ccc3[nH]2)C1. The molecular weight excluding hydrogens is 520 g/mol. The van der Waals surface area contributed by atoms with Crippen molar-refractivity contribution in [2.75, 3.05) is 29.2 Å². The standard InChI is InChI=1S/C30H42N8O3/c1-16(2)37(13-23-26(39)27(40)30(41-23)38-15-34-25-28(31)32-14-33-29(25)38)20-10-17(11-20)6-9-24-35-21-8-7-19(12-22(21)36-24)18-4-3-5-18/h7-8,12,14,16-18,20,23,26-27,30,34,39-40H,3-6,9-11,13,15H2,1-2H3,(H,35,36)(H2,31,32,33)/t17?,20?,23-,26-,27-,30-/m1/s1. The number of ether oxygens (including phenoxy) is 1. The molecule has 3 fully saturated rings. The van der Waals surface area contributed by atoms with Gasteiger partial charge in [0, 0.05) is 25.0 Å². The minimum Gasteiger partial charge on any atom is -0.387 e. The highest BCUT2D eigenvalue weighted by atomic mass is 16.6. The summed E-state index contributed by atoms with van der Waals surface area (Å²) in [4.78, 5) is 21.0. The van der Waals surface area contributed by atoms with E-state index in [1.54, 1.807) is 0 Å². The van der Waals surface area contributed by atoms with E-state index in [4.69, 9.17) is 15.5 Å². The Labute approximate surface area is 240 Å². The van der Waals surface area contributed by atoms with E-state index < -0.39 is 24.5 Å². The van der Waals surface area contributed by atoms with Gasteiger partial charge in [-0.3, -0.25) is 4.90 Å². The summed E-state index contributed by atoms with van der Waals surface area (Å²) in [5.41, 5.74) is 10.3. The van der Waals surface area contributed by atoms with Crippen molar-refractivity contribution in [2.24, 2.45) is 5.92 Å². The summed E-state index contributed by atoms with van der Waals surface area (Å²) in [7, 11) is 0. The highest BCUT2D eigenvalue weighted by Crippen LogP contribution is 2.40. The Balaban J connectivity index is 0.936. The maximum atomic E-state index is 11.0. The summed E-state index contributed by atoms with van der Waals surface area (Å²) in [6.45, 7) is 5.32.